The van der Waals surface area contributed by atoms with Gasteiger partial charge in [-0.2, -0.15) is 0 Å². The molecule has 0 aromatic heterocycles. The van der Waals surface area contributed by atoms with E-state index in [-0.39, 0.29) is 30.9 Å². The number of carboxylic acids is 1. The van der Waals surface area contributed by atoms with E-state index >= 15 is 0 Å². The van der Waals surface area contributed by atoms with Gasteiger partial charge in [-0.25, -0.2) is 4.79 Å². The number of carboxylic acid groups (broad SMARTS) is 1. The minimum atomic E-state index is -1.06. The third-order valence-electron chi connectivity index (χ3n) is 10.6. The van der Waals surface area contributed by atoms with E-state index < -0.39 is 22.9 Å². The van der Waals surface area contributed by atoms with Gasteiger partial charge in [-0.3, -0.25) is 4.79 Å². The van der Waals surface area contributed by atoms with Crippen molar-refractivity contribution in [2.45, 2.75) is 30.1 Å². The van der Waals surface area contributed by atoms with Crippen molar-refractivity contribution in [1.82, 2.24) is 4.90 Å². The summed E-state index contributed by atoms with van der Waals surface area (Å²) in [5.74, 6) is -1.24. The van der Waals surface area contributed by atoms with E-state index in [1.54, 1.807) is 4.90 Å². The number of nitrogens with zero attached hydrogens (tertiary/aromatic N) is 1. The first-order valence-corrected chi connectivity index (χ1v) is 14.5. The number of fused-ring (bicyclic) bond motifs is 4. The van der Waals surface area contributed by atoms with E-state index in [9.17, 15) is 14.7 Å². The van der Waals surface area contributed by atoms with Crippen LogP contribution < -0.4 is 0 Å². The van der Waals surface area contributed by atoms with Gasteiger partial charge in [0.15, 0.2) is 0 Å². The lowest BCUT2D eigenvalue weighted by molar-refractivity contribution is -0.157. The molecule has 5 nitrogen and oxygen atoms in total. The molecule has 1 saturated heterocycles. The van der Waals surface area contributed by atoms with E-state index in [1.165, 1.54) is 16.7 Å². The molecular weight excluding hydrogens is 510 g/mol. The van der Waals surface area contributed by atoms with E-state index in [0.29, 0.717) is 6.54 Å². The smallest absolute Gasteiger partial charge is 0.409 e. The Hall–Kier alpha value is -4.38. The Bertz CT molecular complexity index is 1650. The highest BCUT2D eigenvalue weighted by molar-refractivity contribution is 5.83. The van der Waals surface area contributed by atoms with Gasteiger partial charge in [0.25, 0.3) is 0 Å². The zero-order chi connectivity index (χ0) is 27.8. The number of likely N-dealkylation sites (tertiary alicyclic amines) is 1. The van der Waals surface area contributed by atoms with Gasteiger partial charge in [-0.05, 0) is 51.8 Å². The van der Waals surface area contributed by atoms with Crippen LogP contribution in [0.3, 0.4) is 0 Å². The number of hydrogen-bond acceptors (Lipinski definition) is 3. The van der Waals surface area contributed by atoms with Crippen molar-refractivity contribution < 1.29 is 19.4 Å². The first kappa shape index (κ1) is 24.4. The summed E-state index contributed by atoms with van der Waals surface area (Å²) in [7, 11) is 0. The molecule has 4 aliphatic carbocycles. The second-order valence-electron chi connectivity index (χ2n) is 12.1. The number of carbonyl (C=O) groups is 2. The van der Waals surface area contributed by atoms with Gasteiger partial charge in [0.1, 0.15) is 6.61 Å². The van der Waals surface area contributed by atoms with E-state index in [0.717, 1.165) is 35.1 Å². The summed E-state index contributed by atoms with van der Waals surface area (Å²) >= 11 is 0. The van der Waals surface area contributed by atoms with Crippen LogP contribution in [0.15, 0.2) is 103 Å². The van der Waals surface area contributed by atoms with Crippen LogP contribution >= 0.6 is 0 Å². The van der Waals surface area contributed by atoms with Crippen molar-refractivity contribution in [3.63, 3.8) is 0 Å². The summed E-state index contributed by atoms with van der Waals surface area (Å²) in [6.45, 7) is 0.752. The highest BCUT2D eigenvalue weighted by Crippen LogP contribution is 2.69. The van der Waals surface area contributed by atoms with Crippen LogP contribution in [0.1, 0.15) is 52.5 Å². The summed E-state index contributed by atoms with van der Waals surface area (Å²) < 4.78 is 6.06. The minimum absolute atomic E-state index is 0.0410. The Kier molecular flexibility index (Phi) is 5.25. The molecule has 9 rings (SSSR count). The van der Waals surface area contributed by atoms with Crippen molar-refractivity contribution >= 4 is 12.1 Å². The summed E-state index contributed by atoms with van der Waals surface area (Å²) in [5.41, 5.74) is 6.63. The van der Waals surface area contributed by atoms with Crippen LogP contribution in [-0.2, 0) is 14.9 Å². The highest BCUT2D eigenvalue weighted by atomic mass is 16.6. The normalized spacial score (nSPS) is 27.1. The monoisotopic (exact) mass is 541 g/mol. The molecule has 41 heavy (non-hydrogen) atoms. The van der Waals surface area contributed by atoms with Gasteiger partial charge in [0.2, 0.25) is 0 Å². The maximum Gasteiger partial charge on any atom is 0.409 e. The maximum absolute atomic E-state index is 13.8. The van der Waals surface area contributed by atoms with Crippen LogP contribution in [0, 0.1) is 11.3 Å². The number of hydrogen-bond donors (Lipinski definition) is 1. The van der Waals surface area contributed by atoms with Crippen LogP contribution in [0.25, 0.3) is 11.1 Å². The summed E-state index contributed by atoms with van der Waals surface area (Å²) in [6, 6.07) is 35.3. The number of carbonyl (C=O) groups excluding carboxylic acids is 1. The Morgan fingerprint density at radius 3 is 2.10 bits per heavy atom. The van der Waals surface area contributed by atoms with Crippen LogP contribution in [0.4, 0.5) is 4.79 Å². The fraction of sp³-hybridized carbons (Fsp3) is 0.278. The quantitative estimate of drug-likeness (QED) is 0.308. The summed E-state index contributed by atoms with van der Waals surface area (Å²) in [5, 5.41) is 10.9. The van der Waals surface area contributed by atoms with Crippen LogP contribution in [0.5, 0.6) is 0 Å². The van der Waals surface area contributed by atoms with Crippen molar-refractivity contribution in [3.05, 3.63) is 131 Å². The van der Waals surface area contributed by atoms with Crippen molar-refractivity contribution in [1.29, 1.82) is 0 Å². The molecule has 4 atom stereocenters. The molecule has 0 radical (unpaired) electrons. The largest absolute Gasteiger partial charge is 0.481 e. The van der Waals surface area contributed by atoms with Crippen LogP contribution in [0.2, 0.25) is 0 Å². The average Bonchev–Trinajstić information content (AvgIpc) is 3.60. The molecule has 204 valence electrons. The molecular formula is C36H31NO4. The standard InChI is InChI=1S/C36H31NO4/c38-33(39)36-22-37(34(40)41-21-29-26-14-6-4-12-24(26)25-13-5-7-15-27(25)29)20-32(36)35(23-10-2-1-3-11-23)19-18-31(36)28-16-8-9-17-30(28)35/h1-17,29,31-32H,18-22H2,(H,38,39)/t31-,32+,35-,36+/m1/s1. The first-order valence-electron chi connectivity index (χ1n) is 14.5. The Balaban J connectivity index is 1.15. The molecule has 0 unspecified atom stereocenters. The Morgan fingerprint density at radius 1 is 0.805 bits per heavy atom. The predicted molar refractivity (Wildman–Crippen MR) is 156 cm³/mol. The van der Waals surface area contributed by atoms with Gasteiger partial charge in [0, 0.05) is 36.3 Å². The maximum atomic E-state index is 13.8. The molecule has 0 spiro atoms. The van der Waals surface area contributed by atoms with Gasteiger partial charge < -0.3 is 14.7 Å². The topological polar surface area (TPSA) is 66.8 Å². The fourth-order valence-corrected chi connectivity index (χ4v) is 9.02. The van der Waals surface area contributed by atoms with E-state index in [1.807, 2.05) is 48.5 Å². The molecule has 5 heteroatoms. The third-order valence-corrected chi connectivity index (χ3v) is 10.6. The molecule has 1 aliphatic heterocycles. The molecule has 5 aliphatic rings. The number of benzene rings is 4. The lowest BCUT2D eigenvalue weighted by atomic mass is 9.42. The Morgan fingerprint density at radius 2 is 1.41 bits per heavy atom. The van der Waals surface area contributed by atoms with Gasteiger partial charge in [-0.15, -0.1) is 0 Å². The number of amides is 1. The van der Waals surface area contributed by atoms with Crippen molar-refractivity contribution in [3.8, 4) is 11.1 Å². The Labute approximate surface area is 239 Å². The minimum Gasteiger partial charge on any atom is -0.481 e. The van der Waals surface area contributed by atoms with Gasteiger partial charge in [0.05, 0.1) is 5.41 Å². The molecule has 2 fully saturated rings. The number of aliphatic carboxylic acids is 1. The summed E-state index contributed by atoms with van der Waals surface area (Å²) in [6.07, 6.45) is 1.23. The third kappa shape index (κ3) is 3.17. The molecule has 1 amide bonds. The number of ether oxygens (including phenoxy) is 1. The number of rotatable bonds is 4. The molecule has 1 saturated carbocycles. The second kappa shape index (κ2) is 8.81. The zero-order valence-electron chi connectivity index (χ0n) is 22.7. The van der Waals surface area contributed by atoms with Gasteiger partial charge in [-0.1, -0.05) is 103 Å². The lowest BCUT2D eigenvalue weighted by Gasteiger charge is -2.59. The van der Waals surface area contributed by atoms with E-state index in [4.69, 9.17) is 4.74 Å². The van der Waals surface area contributed by atoms with E-state index in [2.05, 4.69) is 54.6 Å². The first-order chi connectivity index (χ1) is 20.1. The lowest BCUT2D eigenvalue weighted by Crippen LogP contribution is -2.60. The summed E-state index contributed by atoms with van der Waals surface area (Å²) in [4.78, 5) is 28.8. The molecule has 4 aromatic carbocycles. The van der Waals surface area contributed by atoms with Gasteiger partial charge >= 0.3 is 12.1 Å². The van der Waals surface area contributed by atoms with Crippen molar-refractivity contribution in [2.24, 2.45) is 11.3 Å². The molecule has 1 N–H and O–H groups in total. The van der Waals surface area contributed by atoms with Crippen LogP contribution in [-0.4, -0.2) is 41.8 Å². The molecule has 1 heterocycles. The fourth-order valence-electron chi connectivity index (χ4n) is 9.02. The zero-order valence-corrected chi connectivity index (χ0v) is 22.7. The van der Waals surface area contributed by atoms with Crippen molar-refractivity contribution in [2.75, 3.05) is 19.7 Å². The average molecular weight is 542 g/mol. The highest BCUT2D eigenvalue weighted by Gasteiger charge is 2.71. The second-order valence-corrected chi connectivity index (χ2v) is 12.1. The molecule has 4 aromatic rings. The predicted octanol–water partition coefficient (Wildman–Crippen LogP) is 6.82. The molecule has 2 bridgehead atoms. The SMILES string of the molecule is O=C(OCC1c2ccccc2-c2ccccc21)N1C[C@H]2[C@@]3(c4ccccc4)CC[C@H](c4ccccc43)[C@@]2(C(=O)O)C1.